The van der Waals surface area contributed by atoms with Crippen LogP contribution in [0.4, 0.5) is 11.5 Å². The van der Waals surface area contributed by atoms with Crippen molar-refractivity contribution in [2.45, 2.75) is 32.7 Å². The minimum atomic E-state index is -0.632. The van der Waals surface area contributed by atoms with E-state index in [0.29, 0.717) is 0 Å². The lowest BCUT2D eigenvalue weighted by Gasteiger charge is -2.34. The molecule has 1 heterocycles. The normalized spacial score (nSPS) is 11.2. The van der Waals surface area contributed by atoms with Gasteiger partial charge in [0.25, 0.3) is 11.6 Å². The van der Waals surface area contributed by atoms with Gasteiger partial charge in [0, 0.05) is 12.6 Å². The average molecular weight is 266 g/mol. The van der Waals surface area contributed by atoms with Crippen molar-refractivity contribution in [3.8, 4) is 0 Å². The monoisotopic (exact) mass is 266 g/mol. The molecule has 0 unspecified atom stereocenters. The number of carbonyl (C=O) groups excluding carboxylic acids is 1. The summed E-state index contributed by atoms with van der Waals surface area (Å²) in [5.41, 5.74) is 4.73. The van der Waals surface area contributed by atoms with Crippen molar-refractivity contribution in [1.82, 2.24) is 9.88 Å². The van der Waals surface area contributed by atoms with Crippen molar-refractivity contribution >= 4 is 17.4 Å². The summed E-state index contributed by atoms with van der Waals surface area (Å²) < 4.78 is 0. The maximum Gasteiger partial charge on any atom is 0.300 e. The molecule has 104 valence electrons. The molecular weight excluding hydrogens is 248 g/mol. The number of anilines is 1. The number of aromatic nitrogens is 1. The Labute approximate surface area is 111 Å². The van der Waals surface area contributed by atoms with Crippen LogP contribution in [-0.2, 0) is 0 Å². The van der Waals surface area contributed by atoms with E-state index in [-0.39, 0.29) is 17.1 Å². The molecule has 1 aromatic heterocycles. The summed E-state index contributed by atoms with van der Waals surface area (Å²) in [6, 6.07) is 1.24. The van der Waals surface area contributed by atoms with Crippen LogP contribution < -0.4 is 5.73 Å². The third kappa shape index (κ3) is 2.98. The van der Waals surface area contributed by atoms with Gasteiger partial charge in [0.1, 0.15) is 17.6 Å². The average Bonchev–Trinajstić information content (AvgIpc) is 2.36. The van der Waals surface area contributed by atoms with Gasteiger partial charge in [-0.3, -0.25) is 14.9 Å². The lowest BCUT2D eigenvalue weighted by Crippen LogP contribution is -2.44. The molecule has 1 aromatic rings. The molecule has 7 nitrogen and oxygen atoms in total. The van der Waals surface area contributed by atoms with E-state index < -0.39 is 16.4 Å². The van der Waals surface area contributed by atoms with Gasteiger partial charge in [-0.15, -0.1) is 0 Å². The maximum atomic E-state index is 12.4. The summed E-state index contributed by atoms with van der Waals surface area (Å²) in [6.07, 6.45) is 1.74. The molecule has 0 atom stereocenters. The first-order valence-corrected chi connectivity index (χ1v) is 5.88. The third-order valence-corrected chi connectivity index (χ3v) is 3.41. The molecule has 7 heteroatoms. The summed E-state index contributed by atoms with van der Waals surface area (Å²) >= 11 is 0. The Bertz CT molecular complexity index is 514. The number of nitrogen functional groups attached to an aromatic ring is 1. The van der Waals surface area contributed by atoms with Gasteiger partial charge in [0.2, 0.25) is 0 Å². The van der Waals surface area contributed by atoms with Crippen molar-refractivity contribution in [3.63, 3.8) is 0 Å². The fourth-order valence-corrected chi connectivity index (χ4v) is 1.47. The molecule has 19 heavy (non-hydrogen) atoms. The van der Waals surface area contributed by atoms with Crippen LogP contribution >= 0.6 is 0 Å². The number of rotatable bonds is 4. The van der Waals surface area contributed by atoms with Crippen molar-refractivity contribution in [1.29, 1.82) is 0 Å². The molecule has 0 fully saturated rings. The number of nitro groups is 1. The molecule has 2 N–H and O–H groups in total. The Hall–Kier alpha value is -2.18. The molecule has 0 aliphatic carbocycles. The van der Waals surface area contributed by atoms with Crippen LogP contribution in [0.5, 0.6) is 0 Å². The highest BCUT2D eigenvalue weighted by atomic mass is 16.6. The number of nitrogens with two attached hydrogens (primary N) is 1. The van der Waals surface area contributed by atoms with Crippen LogP contribution in [-0.4, -0.2) is 33.3 Å². The molecule has 1 rings (SSSR count). The summed E-state index contributed by atoms with van der Waals surface area (Å²) in [5.74, 6) is -0.357. The second-order valence-corrected chi connectivity index (χ2v) is 4.91. The van der Waals surface area contributed by atoms with Gasteiger partial charge in [-0.2, -0.15) is 0 Å². The van der Waals surface area contributed by atoms with Gasteiger partial charge in [0.05, 0.1) is 4.92 Å². The topological polar surface area (TPSA) is 102 Å². The largest absolute Gasteiger partial charge is 0.384 e. The van der Waals surface area contributed by atoms with Gasteiger partial charge in [-0.05, 0) is 26.3 Å². The van der Waals surface area contributed by atoms with Crippen LogP contribution in [0.15, 0.2) is 12.3 Å². The molecule has 0 saturated heterocycles. The predicted octanol–water partition coefficient (Wildman–Crippen LogP) is 1.83. The minimum Gasteiger partial charge on any atom is -0.384 e. The van der Waals surface area contributed by atoms with E-state index in [0.717, 1.165) is 12.6 Å². The predicted molar refractivity (Wildman–Crippen MR) is 71.8 cm³/mol. The number of hydrogen-bond acceptors (Lipinski definition) is 5. The Kier molecular flexibility index (Phi) is 4.08. The number of amides is 1. The van der Waals surface area contributed by atoms with Crippen molar-refractivity contribution in [2.75, 3.05) is 12.8 Å². The van der Waals surface area contributed by atoms with Gasteiger partial charge in [-0.1, -0.05) is 6.92 Å². The molecule has 0 bridgehead atoms. The zero-order chi connectivity index (χ0) is 14.8. The fourth-order valence-electron chi connectivity index (χ4n) is 1.47. The third-order valence-electron chi connectivity index (χ3n) is 3.41. The molecule has 0 spiro atoms. The molecule has 0 aliphatic rings. The standard InChI is InChI=1S/C12H18N4O3/c1-5-12(2,3)15(4)11(17)8-6-10(13)14-7-9(8)16(18)19/h6-7H,5H2,1-4H3,(H2,13,14). The molecule has 0 radical (unpaired) electrons. The number of carbonyl (C=O) groups is 1. The van der Waals surface area contributed by atoms with E-state index in [1.807, 2.05) is 20.8 Å². The summed E-state index contributed by atoms with van der Waals surface area (Å²) in [7, 11) is 1.62. The first kappa shape index (κ1) is 14.9. The molecule has 0 aliphatic heterocycles. The van der Waals surface area contributed by atoms with Crippen molar-refractivity contribution < 1.29 is 9.72 Å². The molecule has 1 amide bonds. The highest BCUT2D eigenvalue weighted by Crippen LogP contribution is 2.25. The SMILES string of the molecule is CCC(C)(C)N(C)C(=O)c1cc(N)ncc1[N+](=O)[O-]. The van der Waals surface area contributed by atoms with E-state index in [4.69, 9.17) is 5.73 Å². The Morgan fingerprint density at radius 1 is 1.58 bits per heavy atom. The number of nitrogens with zero attached hydrogens (tertiary/aromatic N) is 3. The second kappa shape index (κ2) is 5.21. The van der Waals surface area contributed by atoms with Gasteiger partial charge in [0.15, 0.2) is 0 Å². The van der Waals surface area contributed by atoms with Crippen molar-refractivity contribution in [2.24, 2.45) is 0 Å². The molecule has 0 aromatic carbocycles. The lowest BCUT2D eigenvalue weighted by atomic mass is 9.99. The lowest BCUT2D eigenvalue weighted by molar-refractivity contribution is -0.385. The zero-order valence-corrected chi connectivity index (χ0v) is 11.5. The van der Waals surface area contributed by atoms with E-state index in [1.54, 1.807) is 7.05 Å². The van der Waals surface area contributed by atoms with Crippen LogP contribution in [0.2, 0.25) is 0 Å². The molecule has 0 saturated carbocycles. The smallest absolute Gasteiger partial charge is 0.300 e. The van der Waals surface area contributed by atoms with Gasteiger partial charge in [-0.25, -0.2) is 4.98 Å². The Morgan fingerprint density at radius 2 is 2.16 bits per heavy atom. The Morgan fingerprint density at radius 3 is 2.63 bits per heavy atom. The first-order chi connectivity index (χ1) is 8.70. The fraction of sp³-hybridized carbons (Fsp3) is 0.500. The van der Waals surface area contributed by atoms with Crippen LogP contribution in [0, 0.1) is 10.1 Å². The van der Waals surface area contributed by atoms with Gasteiger partial charge >= 0.3 is 0 Å². The number of pyridine rings is 1. The minimum absolute atomic E-state index is 0.0403. The number of hydrogen-bond donors (Lipinski definition) is 1. The van der Waals surface area contributed by atoms with E-state index in [9.17, 15) is 14.9 Å². The zero-order valence-electron chi connectivity index (χ0n) is 11.5. The van der Waals surface area contributed by atoms with Crippen LogP contribution in [0.1, 0.15) is 37.6 Å². The summed E-state index contributed by atoms with van der Waals surface area (Å²) in [5, 5.41) is 10.9. The Balaban J connectivity index is 3.26. The highest BCUT2D eigenvalue weighted by Gasteiger charge is 2.31. The van der Waals surface area contributed by atoms with Crippen LogP contribution in [0.25, 0.3) is 0 Å². The van der Waals surface area contributed by atoms with Crippen LogP contribution in [0.3, 0.4) is 0 Å². The van der Waals surface area contributed by atoms with E-state index in [1.165, 1.54) is 11.0 Å². The van der Waals surface area contributed by atoms with Crippen molar-refractivity contribution in [3.05, 3.63) is 27.9 Å². The van der Waals surface area contributed by atoms with Gasteiger partial charge < -0.3 is 10.6 Å². The highest BCUT2D eigenvalue weighted by molar-refractivity contribution is 5.98. The maximum absolute atomic E-state index is 12.4. The van der Waals surface area contributed by atoms with E-state index >= 15 is 0 Å². The first-order valence-electron chi connectivity index (χ1n) is 5.88. The molecular formula is C12H18N4O3. The van der Waals surface area contributed by atoms with E-state index in [2.05, 4.69) is 4.98 Å². The quantitative estimate of drug-likeness (QED) is 0.661. The second-order valence-electron chi connectivity index (χ2n) is 4.91. The summed E-state index contributed by atoms with van der Waals surface area (Å²) in [4.78, 5) is 27.8. The summed E-state index contributed by atoms with van der Waals surface area (Å²) in [6.45, 7) is 5.72.